The van der Waals surface area contributed by atoms with Crippen molar-refractivity contribution in [1.82, 2.24) is 15.4 Å². The van der Waals surface area contributed by atoms with Gasteiger partial charge in [0.15, 0.2) is 6.54 Å². The van der Waals surface area contributed by atoms with Gasteiger partial charge in [0.2, 0.25) is 0 Å². The van der Waals surface area contributed by atoms with Gasteiger partial charge in [-0.2, -0.15) is 0 Å². The van der Waals surface area contributed by atoms with Crippen molar-refractivity contribution in [1.29, 1.82) is 0 Å². The van der Waals surface area contributed by atoms with Crippen LogP contribution in [0.15, 0.2) is 56.8 Å². The Kier molecular flexibility index (Phi) is 4.54. The van der Waals surface area contributed by atoms with Gasteiger partial charge >= 0.3 is 0 Å². The normalized spacial score (nSPS) is 19.3. The number of likely N-dealkylation sites (tertiary alicyclic amines) is 1. The highest BCUT2D eigenvalue weighted by Crippen LogP contribution is 2.33. The van der Waals surface area contributed by atoms with Crippen LogP contribution in [-0.4, -0.2) is 21.9 Å². The van der Waals surface area contributed by atoms with E-state index in [-0.39, 0.29) is 0 Å². The molecule has 0 spiro atoms. The molecule has 28 heavy (non-hydrogen) atoms. The first-order valence-corrected chi connectivity index (χ1v) is 10.4. The van der Waals surface area contributed by atoms with E-state index in [2.05, 4.69) is 32.9 Å². The second kappa shape index (κ2) is 7.33. The van der Waals surface area contributed by atoms with Gasteiger partial charge in [-0.1, -0.05) is 41.6 Å². The van der Waals surface area contributed by atoms with Crippen molar-refractivity contribution in [2.75, 3.05) is 6.54 Å². The maximum Gasteiger partial charge on any atom is 0.271 e. The Morgan fingerprint density at radius 2 is 2.04 bits per heavy atom. The monoisotopic (exact) mass is 393 g/mol. The predicted molar refractivity (Wildman–Crippen MR) is 106 cm³/mol. The quantitative estimate of drug-likeness (QED) is 0.560. The summed E-state index contributed by atoms with van der Waals surface area (Å²) < 4.78 is 11.5. The molecule has 1 aromatic carbocycles. The first-order chi connectivity index (χ1) is 13.8. The Balaban J connectivity index is 1.41. The highest BCUT2D eigenvalue weighted by molar-refractivity contribution is 7.10. The smallest absolute Gasteiger partial charge is 0.271 e. The lowest BCUT2D eigenvalue weighted by Crippen LogP contribution is -3.08. The Morgan fingerprint density at radius 3 is 2.86 bits per heavy atom. The topological polar surface area (TPSA) is 69.4 Å². The van der Waals surface area contributed by atoms with Crippen molar-refractivity contribution < 1.29 is 13.8 Å². The molecule has 1 saturated heterocycles. The molecule has 4 heterocycles. The van der Waals surface area contributed by atoms with Gasteiger partial charge in [-0.3, -0.25) is 0 Å². The van der Waals surface area contributed by atoms with Gasteiger partial charge in [0.25, 0.3) is 11.8 Å². The van der Waals surface area contributed by atoms with E-state index in [1.54, 1.807) is 0 Å². The van der Waals surface area contributed by atoms with Crippen LogP contribution < -0.4 is 4.90 Å². The second-order valence-electron chi connectivity index (χ2n) is 7.12. The van der Waals surface area contributed by atoms with Crippen LogP contribution in [0.5, 0.6) is 0 Å². The third-order valence-electron chi connectivity index (χ3n) is 5.34. The number of aromatic nitrogens is 3. The molecule has 7 heteroatoms. The number of rotatable bonds is 5. The van der Waals surface area contributed by atoms with Crippen molar-refractivity contribution in [2.24, 2.45) is 0 Å². The number of thiophene rings is 1. The van der Waals surface area contributed by atoms with Gasteiger partial charge in [0, 0.05) is 18.4 Å². The minimum Gasteiger partial charge on any atom is -0.415 e. The summed E-state index contributed by atoms with van der Waals surface area (Å²) in [5.74, 6) is 1.81. The highest BCUT2D eigenvalue weighted by atomic mass is 32.1. The van der Waals surface area contributed by atoms with Crippen LogP contribution in [0.25, 0.3) is 22.7 Å². The summed E-state index contributed by atoms with van der Waals surface area (Å²) in [5.41, 5.74) is 2.48. The fraction of sp³-hybridized carbons (Fsp3) is 0.286. The fourth-order valence-corrected chi connectivity index (χ4v) is 4.91. The lowest BCUT2D eigenvalue weighted by molar-refractivity contribution is -0.932. The molecule has 0 amide bonds. The van der Waals surface area contributed by atoms with E-state index in [4.69, 9.17) is 8.94 Å². The second-order valence-corrected chi connectivity index (χ2v) is 8.10. The molecule has 0 aliphatic carbocycles. The van der Waals surface area contributed by atoms with Crippen molar-refractivity contribution >= 4 is 11.3 Å². The largest absolute Gasteiger partial charge is 0.415 e. The highest BCUT2D eigenvalue weighted by Gasteiger charge is 2.32. The van der Waals surface area contributed by atoms with E-state index >= 15 is 0 Å². The third kappa shape index (κ3) is 3.16. The summed E-state index contributed by atoms with van der Waals surface area (Å²) in [7, 11) is 0. The van der Waals surface area contributed by atoms with Gasteiger partial charge < -0.3 is 13.8 Å². The van der Waals surface area contributed by atoms with E-state index < -0.39 is 0 Å². The van der Waals surface area contributed by atoms with Crippen LogP contribution in [0, 0.1) is 6.92 Å². The van der Waals surface area contributed by atoms with E-state index in [0.29, 0.717) is 23.6 Å². The van der Waals surface area contributed by atoms with Crippen molar-refractivity contribution in [2.45, 2.75) is 32.4 Å². The minimum atomic E-state index is 0.471. The summed E-state index contributed by atoms with van der Waals surface area (Å²) in [6, 6.07) is 14.8. The van der Waals surface area contributed by atoms with Crippen LogP contribution in [0.4, 0.5) is 0 Å². The molecule has 142 valence electrons. The molecule has 1 unspecified atom stereocenters. The molecule has 1 N–H and O–H groups in total. The van der Waals surface area contributed by atoms with Crippen LogP contribution in [0.2, 0.25) is 0 Å². The van der Waals surface area contributed by atoms with Gasteiger partial charge in [0.05, 0.1) is 11.4 Å². The lowest BCUT2D eigenvalue weighted by Gasteiger charge is -2.18. The fourth-order valence-electron chi connectivity index (χ4n) is 3.99. The van der Waals surface area contributed by atoms with Crippen LogP contribution in [0.3, 0.4) is 0 Å². The van der Waals surface area contributed by atoms with Gasteiger partial charge in [-0.25, -0.2) is 0 Å². The van der Waals surface area contributed by atoms with Gasteiger partial charge in [0.1, 0.15) is 23.1 Å². The third-order valence-corrected chi connectivity index (χ3v) is 6.33. The molecule has 1 fully saturated rings. The number of aryl methyl sites for hydroxylation is 1. The van der Waals surface area contributed by atoms with Crippen molar-refractivity contribution in [3.63, 3.8) is 0 Å². The van der Waals surface area contributed by atoms with Crippen LogP contribution >= 0.6 is 11.3 Å². The van der Waals surface area contributed by atoms with Crippen molar-refractivity contribution in [3.05, 3.63) is 64.4 Å². The zero-order valence-electron chi connectivity index (χ0n) is 15.6. The van der Waals surface area contributed by atoms with Crippen LogP contribution in [-0.2, 0) is 6.54 Å². The molecule has 1 aliphatic rings. The number of nitrogens with one attached hydrogen (secondary N) is 1. The maximum atomic E-state index is 6.06. The summed E-state index contributed by atoms with van der Waals surface area (Å²) in [6.07, 6.45) is 2.43. The van der Waals surface area contributed by atoms with E-state index in [1.165, 1.54) is 22.6 Å². The molecule has 5 rings (SSSR count). The molecular formula is C21H21N4O2S+. The molecule has 1 aliphatic heterocycles. The Morgan fingerprint density at radius 1 is 1.14 bits per heavy atom. The summed E-state index contributed by atoms with van der Waals surface area (Å²) in [4.78, 5) is 2.93. The molecule has 0 radical (unpaired) electrons. The number of hydrogen-bond donors (Lipinski definition) is 1. The number of nitrogens with zero attached hydrogens (tertiary/aromatic N) is 3. The number of benzene rings is 1. The Bertz CT molecular complexity index is 1060. The lowest BCUT2D eigenvalue weighted by atomic mass is 10.1. The van der Waals surface area contributed by atoms with Gasteiger partial charge in [-0.05, 0) is 18.4 Å². The van der Waals surface area contributed by atoms with Gasteiger partial charge in [-0.15, -0.1) is 21.5 Å². The zero-order valence-corrected chi connectivity index (χ0v) is 16.4. The van der Waals surface area contributed by atoms with E-state index in [0.717, 1.165) is 29.9 Å². The van der Waals surface area contributed by atoms with Crippen LogP contribution in [0.1, 0.15) is 35.4 Å². The molecule has 0 bridgehead atoms. The first kappa shape index (κ1) is 17.3. The Hall–Kier alpha value is -2.77. The number of hydrogen-bond acceptors (Lipinski definition) is 6. The molecule has 2 atom stereocenters. The summed E-state index contributed by atoms with van der Waals surface area (Å²) in [6.45, 7) is 3.74. The van der Waals surface area contributed by atoms with E-state index in [9.17, 15) is 0 Å². The molecule has 4 aromatic rings. The zero-order chi connectivity index (χ0) is 18.9. The van der Waals surface area contributed by atoms with E-state index in [1.807, 2.05) is 48.6 Å². The average Bonchev–Trinajstić information content (AvgIpc) is 3.50. The molecule has 6 nitrogen and oxygen atoms in total. The molecule has 0 saturated carbocycles. The first-order valence-electron chi connectivity index (χ1n) is 9.52. The summed E-state index contributed by atoms with van der Waals surface area (Å²) >= 11 is 1.83. The molecule has 3 aromatic heterocycles. The predicted octanol–water partition coefficient (Wildman–Crippen LogP) is 3.68. The maximum absolute atomic E-state index is 6.06. The minimum absolute atomic E-state index is 0.471. The summed E-state index contributed by atoms with van der Waals surface area (Å²) in [5, 5.41) is 15.0. The Labute approximate surface area is 166 Å². The SMILES string of the molecule is Cc1onc(-c2ccccc2)c1-c1nnc(C[NH+]2CCC[C@@H]2c2cccs2)o1. The standard InChI is InChI=1S/C21H20N4O2S/c1-14-19(20(24-27-14)15-7-3-2-4-8-15)21-23-22-18(26-21)13-25-11-5-9-16(25)17-10-6-12-28-17/h2-4,6-8,10,12,16H,5,9,11,13H2,1H3/p+1/t16-/m1/s1. The average molecular weight is 393 g/mol. The molecular weight excluding hydrogens is 372 g/mol. The number of quaternary nitrogens is 1. The van der Waals surface area contributed by atoms with Crippen molar-refractivity contribution in [3.8, 4) is 22.7 Å².